The smallest absolute Gasteiger partial charge is 0.243 e. The Morgan fingerprint density at radius 2 is 1.80 bits per heavy atom. The van der Waals surface area contributed by atoms with Crippen molar-refractivity contribution in [1.82, 2.24) is 20.2 Å². The van der Waals surface area contributed by atoms with Gasteiger partial charge in [-0.1, -0.05) is 38.3 Å². The summed E-state index contributed by atoms with van der Waals surface area (Å²) < 4.78 is 0. The van der Waals surface area contributed by atoms with Crippen LogP contribution < -0.4 is 10.2 Å². The molecule has 30 heavy (non-hydrogen) atoms. The van der Waals surface area contributed by atoms with E-state index in [1.807, 2.05) is 24.3 Å². The van der Waals surface area contributed by atoms with Crippen molar-refractivity contribution in [2.45, 2.75) is 51.0 Å². The third-order valence-corrected chi connectivity index (χ3v) is 6.31. The highest BCUT2D eigenvalue weighted by atomic mass is 16.2. The predicted octanol–water partition coefficient (Wildman–Crippen LogP) is 2.83. The number of nitriles is 1. The molecule has 7 heteroatoms. The van der Waals surface area contributed by atoms with Crippen LogP contribution in [-0.4, -0.2) is 59.5 Å². The highest BCUT2D eigenvalue weighted by Gasteiger charge is 2.31. The zero-order valence-corrected chi connectivity index (χ0v) is 17.7. The van der Waals surface area contributed by atoms with Crippen LogP contribution in [0.2, 0.25) is 0 Å². The number of anilines is 1. The summed E-state index contributed by atoms with van der Waals surface area (Å²) in [5.74, 6) is -0.527. The molecule has 0 unspecified atom stereocenters. The molecule has 1 N–H and O–H groups in total. The molecule has 1 aliphatic heterocycles. The number of hydrogen-bond acceptors (Lipinski definition) is 6. The van der Waals surface area contributed by atoms with Crippen molar-refractivity contribution >= 4 is 22.8 Å². The van der Waals surface area contributed by atoms with Crippen LogP contribution in [0.4, 0.5) is 5.82 Å². The zero-order chi connectivity index (χ0) is 20.9. The molecule has 0 spiro atoms. The lowest BCUT2D eigenvalue weighted by Gasteiger charge is -2.35. The molecule has 1 amide bonds. The molecule has 2 aliphatic rings. The first-order valence-electron chi connectivity index (χ1n) is 11.1. The third kappa shape index (κ3) is 4.39. The van der Waals surface area contributed by atoms with Gasteiger partial charge in [0.1, 0.15) is 5.69 Å². The number of hydrogen-bond donors (Lipinski definition) is 1. The van der Waals surface area contributed by atoms with Crippen molar-refractivity contribution in [1.29, 1.82) is 5.26 Å². The van der Waals surface area contributed by atoms with Crippen molar-refractivity contribution in [3.8, 4) is 6.07 Å². The average molecular weight is 407 g/mol. The van der Waals surface area contributed by atoms with Crippen LogP contribution in [-0.2, 0) is 4.79 Å². The quantitative estimate of drug-likeness (QED) is 0.822. The minimum Gasteiger partial charge on any atom is -0.352 e. The van der Waals surface area contributed by atoms with Crippen molar-refractivity contribution < 1.29 is 4.79 Å². The van der Waals surface area contributed by atoms with Crippen LogP contribution in [0.1, 0.15) is 50.6 Å². The second-order valence-electron chi connectivity index (χ2n) is 8.25. The zero-order valence-electron chi connectivity index (χ0n) is 17.7. The summed E-state index contributed by atoms with van der Waals surface area (Å²) in [6, 6.07) is 10.0. The van der Waals surface area contributed by atoms with Crippen LogP contribution in [0.5, 0.6) is 0 Å². The van der Waals surface area contributed by atoms with Gasteiger partial charge in [-0.15, -0.1) is 0 Å². The Morgan fingerprint density at radius 3 is 2.43 bits per heavy atom. The maximum atomic E-state index is 13.1. The third-order valence-electron chi connectivity index (χ3n) is 6.31. The highest BCUT2D eigenvalue weighted by Crippen LogP contribution is 2.28. The number of rotatable bonds is 5. The summed E-state index contributed by atoms with van der Waals surface area (Å²) in [4.78, 5) is 27.3. The standard InChI is InChI=1S/C23H30N6O/c1-2-28-12-14-29(15-13-28)22-21(26-19-10-6-7-11-20(19)27-22)18(16-24)23(30)25-17-8-4-3-5-9-17/h6-7,10-11,17-18H,2-5,8-9,12-15H2,1H3,(H,25,30)/t18-/m0/s1. The van der Waals surface area contributed by atoms with E-state index in [1.54, 1.807) is 0 Å². The first-order valence-corrected chi connectivity index (χ1v) is 11.1. The number of amides is 1. The second-order valence-corrected chi connectivity index (χ2v) is 8.25. The number of nitrogens with one attached hydrogen (secondary N) is 1. The summed E-state index contributed by atoms with van der Waals surface area (Å²) in [5, 5.41) is 13.1. The van der Waals surface area contributed by atoms with Gasteiger partial charge in [0, 0.05) is 32.2 Å². The molecule has 1 aromatic heterocycles. The van der Waals surface area contributed by atoms with E-state index >= 15 is 0 Å². The van der Waals surface area contributed by atoms with Crippen molar-refractivity contribution in [3.63, 3.8) is 0 Å². The van der Waals surface area contributed by atoms with E-state index in [9.17, 15) is 10.1 Å². The fourth-order valence-corrected chi connectivity index (χ4v) is 4.48. The Bertz CT molecular complexity index is 925. The molecule has 7 nitrogen and oxygen atoms in total. The Labute approximate surface area is 178 Å². The number of para-hydroxylation sites is 2. The fourth-order valence-electron chi connectivity index (χ4n) is 4.48. The summed E-state index contributed by atoms with van der Waals surface area (Å²) in [6.07, 6.45) is 5.45. The number of fused-ring (bicyclic) bond motifs is 1. The van der Waals surface area contributed by atoms with Gasteiger partial charge in [-0.25, -0.2) is 9.97 Å². The van der Waals surface area contributed by atoms with E-state index in [0.717, 1.165) is 63.9 Å². The average Bonchev–Trinajstić information content (AvgIpc) is 2.80. The van der Waals surface area contributed by atoms with Crippen molar-refractivity contribution in [2.75, 3.05) is 37.6 Å². The molecule has 2 heterocycles. The van der Waals surface area contributed by atoms with Gasteiger partial charge in [-0.3, -0.25) is 4.79 Å². The number of carbonyl (C=O) groups is 1. The van der Waals surface area contributed by atoms with Gasteiger partial charge in [0.15, 0.2) is 11.7 Å². The molecule has 0 bridgehead atoms. The van der Waals surface area contributed by atoms with Crippen LogP contribution in [0.15, 0.2) is 24.3 Å². The van der Waals surface area contributed by atoms with Gasteiger partial charge in [0.05, 0.1) is 17.1 Å². The summed E-state index contributed by atoms with van der Waals surface area (Å²) >= 11 is 0. The van der Waals surface area contributed by atoms with E-state index in [1.165, 1.54) is 6.42 Å². The molecule has 1 aliphatic carbocycles. The molecule has 158 valence electrons. The lowest BCUT2D eigenvalue weighted by molar-refractivity contribution is -0.122. The van der Waals surface area contributed by atoms with Crippen LogP contribution in [0.3, 0.4) is 0 Å². The highest BCUT2D eigenvalue weighted by molar-refractivity contribution is 5.89. The van der Waals surface area contributed by atoms with E-state index in [2.05, 4.69) is 28.1 Å². The van der Waals surface area contributed by atoms with Crippen molar-refractivity contribution in [2.24, 2.45) is 0 Å². The van der Waals surface area contributed by atoms with Gasteiger partial charge >= 0.3 is 0 Å². The topological polar surface area (TPSA) is 85.2 Å². The predicted molar refractivity (Wildman–Crippen MR) is 117 cm³/mol. The largest absolute Gasteiger partial charge is 0.352 e. The molecule has 1 aromatic carbocycles. The maximum Gasteiger partial charge on any atom is 0.243 e. The molecular formula is C23H30N6O. The molecule has 2 fully saturated rings. The minimum absolute atomic E-state index is 0.159. The Hall–Kier alpha value is -2.72. The Balaban J connectivity index is 1.66. The van der Waals surface area contributed by atoms with Crippen LogP contribution in [0.25, 0.3) is 11.0 Å². The number of benzene rings is 1. The Morgan fingerprint density at radius 1 is 1.13 bits per heavy atom. The monoisotopic (exact) mass is 406 g/mol. The van der Waals surface area contributed by atoms with E-state index in [4.69, 9.17) is 9.97 Å². The fraction of sp³-hybridized carbons (Fsp3) is 0.565. The number of piperazine rings is 1. The first kappa shape index (κ1) is 20.5. The lowest BCUT2D eigenvalue weighted by atomic mass is 9.94. The first-order chi connectivity index (χ1) is 14.7. The molecule has 0 radical (unpaired) electrons. The molecule has 2 aromatic rings. The van der Waals surface area contributed by atoms with Gasteiger partial charge in [-0.2, -0.15) is 5.26 Å². The molecule has 4 rings (SSSR count). The molecule has 1 saturated heterocycles. The second kappa shape index (κ2) is 9.40. The molecular weight excluding hydrogens is 376 g/mol. The molecule has 1 saturated carbocycles. The van der Waals surface area contributed by atoms with E-state index in [0.29, 0.717) is 17.0 Å². The Kier molecular flexibility index (Phi) is 6.44. The normalized spacial score (nSPS) is 19.4. The number of likely N-dealkylation sites (N-methyl/N-ethyl adjacent to an activating group) is 1. The summed E-state index contributed by atoms with van der Waals surface area (Å²) in [5.41, 5.74) is 1.99. The van der Waals surface area contributed by atoms with Crippen LogP contribution >= 0.6 is 0 Å². The van der Waals surface area contributed by atoms with Gasteiger partial charge in [0.2, 0.25) is 5.91 Å². The number of nitrogens with zero attached hydrogens (tertiary/aromatic N) is 5. The van der Waals surface area contributed by atoms with Gasteiger partial charge in [-0.05, 0) is 31.5 Å². The van der Waals surface area contributed by atoms with Gasteiger partial charge in [0.25, 0.3) is 0 Å². The summed E-state index contributed by atoms with van der Waals surface area (Å²) in [7, 11) is 0. The summed E-state index contributed by atoms with van der Waals surface area (Å²) in [6.45, 7) is 6.70. The van der Waals surface area contributed by atoms with Crippen LogP contribution in [0, 0.1) is 11.3 Å². The van der Waals surface area contributed by atoms with E-state index < -0.39 is 5.92 Å². The minimum atomic E-state index is -0.955. The number of carbonyl (C=O) groups excluding carboxylic acids is 1. The van der Waals surface area contributed by atoms with E-state index in [-0.39, 0.29) is 11.9 Å². The SMILES string of the molecule is CCN1CCN(c2nc3ccccc3nc2[C@H](C#N)C(=O)NC2CCCCC2)CC1. The maximum absolute atomic E-state index is 13.1. The van der Waals surface area contributed by atoms with Crippen molar-refractivity contribution in [3.05, 3.63) is 30.0 Å². The lowest BCUT2D eigenvalue weighted by Crippen LogP contribution is -2.47. The number of aromatic nitrogens is 2. The molecule has 1 atom stereocenters. The van der Waals surface area contributed by atoms with Gasteiger partial charge < -0.3 is 15.1 Å².